The largest absolute Gasteiger partial charge is 0.381 e. The van der Waals surface area contributed by atoms with Crippen molar-refractivity contribution in [3.8, 4) is 0 Å². The smallest absolute Gasteiger partial charge is 0.222 e. The summed E-state index contributed by atoms with van der Waals surface area (Å²) in [5.74, 6) is 0.742. The summed E-state index contributed by atoms with van der Waals surface area (Å²) in [4.78, 5) is 19.1. The molecule has 0 saturated carbocycles. The van der Waals surface area contributed by atoms with Gasteiger partial charge in [0, 0.05) is 58.0 Å². The second-order valence-corrected chi connectivity index (χ2v) is 7.51. The van der Waals surface area contributed by atoms with Crippen LogP contribution in [0.15, 0.2) is 36.8 Å². The molecule has 1 atom stereocenters. The summed E-state index contributed by atoms with van der Waals surface area (Å²) in [5.41, 5.74) is 2.20. The molecule has 0 spiro atoms. The van der Waals surface area contributed by atoms with Gasteiger partial charge in [0.1, 0.15) is 0 Å². The van der Waals surface area contributed by atoms with Crippen molar-refractivity contribution >= 4 is 5.91 Å². The Labute approximate surface area is 159 Å². The highest BCUT2D eigenvalue weighted by molar-refractivity contribution is 5.76. The van der Waals surface area contributed by atoms with Gasteiger partial charge in [-0.1, -0.05) is 6.07 Å². The maximum atomic E-state index is 12.5. The van der Waals surface area contributed by atoms with Crippen molar-refractivity contribution in [1.82, 2.24) is 25.0 Å². The van der Waals surface area contributed by atoms with Crippen LogP contribution in [-0.2, 0) is 22.6 Å². The Morgan fingerprint density at radius 3 is 2.96 bits per heavy atom. The summed E-state index contributed by atoms with van der Waals surface area (Å²) in [6, 6.07) is 6.00. The SMILES string of the molecule is O=C(C[C@H]1CN(CC2CCOCC2)Cc2ccnn21)NCc1cccnc1. The number of nitrogens with zero attached hydrogens (tertiary/aromatic N) is 4. The van der Waals surface area contributed by atoms with Crippen molar-refractivity contribution in [3.05, 3.63) is 48.0 Å². The predicted octanol–water partition coefficient (Wildman–Crippen LogP) is 1.77. The molecule has 0 bridgehead atoms. The van der Waals surface area contributed by atoms with E-state index in [1.54, 1.807) is 12.4 Å². The molecule has 0 aromatic carbocycles. The maximum absolute atomic E-state index is 12.5. The molecule has 4 rings (SSSR count). The van der Waals surface area contributed by atoms with Crippen molar-refractivity contribution < 1.29 is 9.53 Å². The van der Waals surface area contributed by atoms with Crippen LogP contribution in [0, 0.1) is 5.92 Å². The molecule has 4 heterocycles. The van der Waals surface area contributed by atoms with Crippen LogP contribution in [0.3, 0.4) is 0 Å². The lowest BCUT2D eigenvalue weighted by Crippen LogP contribution is -2.42. The molecule has 2 aliphatic rings. The Kier molecular flexibility index (Phi) is 5.79. The minimum Gasteiger partial charge on any atom is -0.381 e. The molecule has 2 aromatic rings. The van der Waals surface area contributed by atoms with Gasteiger partial charge in [-0.05, 0) is 36.5 Å². The molecule has 0 unspecified atom stereocenters. The Morgan fingerprint density at radius 2 is 2.15 bits per heavy atom. The molecule has 1 saturated heterocycles. The molecule has 1 amide bonds. The number of hydrogen-bond donors (Lipinski definition) is 1. The first-order valence-corrected chi connectivity index (χ1v) is 9.76. The zero-order chi connectivity index (χ0) is 18.5. The lowest BCUT2D eigenvalue weighted by molar-refractivity contribution is -0.122. The molecule has 2 aliphatic heterocycles. The van der Waals surface area contributed by atoms with E-state index in [1.807, 2.05) is 23.0 Å². The van der Waals surface area contributed by atoms with Gasteiger partial charge in [0.05, 0.1) is 18.2 Å². The Morgan fingerprint density at radius 1 is 1.26 bits per heavy atom. The van der Waals surface area contributed by atoms with Gasteiger partial charge in [-0.2, -0.15) is 5.10 Å². The number of ether oxygens (including phenoxy) is 1. The zero-order valence-corrected chi connectivity index (χ0v) is 15.6. The number of hydrogen-bond acceptors (Lipinski definition) is 5. The topological polar surface area (TPSA) is 72.3 Å². The molecule has 7 heteroatoms. The first kappa shape index (κ1) is 18.1. The fraction of sp³-hybridized carbons (Fsp3) is 0.550. The average Bonchev–Trinajstić information content (AvgIpc) is 3.17. The van der Waals surface area contributed by atoms with E-state index >= 15 is 0 Å². The van der Waals surface area contributed by atoms with Gasteiger partial charge in [-0.3, -0.25) is 19.4 Å². The van der Waals surface area contributed by atoms with Crippen molar-refractivity contribution in [2.75, 3.05) is 26.3 Å². The molecule has 1 N–H and O–H groups in total. The van der Waals surface area contributed by atoms with E-state index in [4.69, 9.17) is 4.74 Å². The number of aromatic nitrogens is 3. The second kappa shape index (κ2) is 8.63. The third-order valence-electron chi connectivity index (χ3n) is 5.44. The monoisotopic (exact) mass is 369 g/mol. The zero-order valence-electron chi connectivity index (χ0n) is 15.6. The standard InChI is InChI=1S/C20H27N5O2/c26-20(22-12-17-2-1-6-21-11-17)10-19-15-24(13-16-4-8-27-9-5-16)14-18-3-7-23-25(18)19/h1-3,6-7,11,16,19H,4-5,8-10,12-15H2,(H,22,26)/t19-/m0/s1. The van der Waals surface area contributed by atoms with Gasteiger partial charge in [-0.25, -0.2) is 0 Å². The minimum absolute atomic E-state index is 0.0539. The first-order chi connectivity index (χ1) is 13.3. The van der Waals surface area contributed by atoms with Gasteiger partial charge in [-0.15, -0.1) is 0 Å². The third-order valence-corrected chi connectivity index (χ3v) is 5.44. The molecule has 144 valence electrons. The highest BCUT2D eigenvalue weighted by Gasteiger charge is 2.29. The van der Waals surface area contributed by atoms with Crippen LogP contribution >= 0.6 is 0 Å². The molecular weight excluding hydrogens is 342 g/mol. The quantitative estimate of drug-likeness (QED) is 0.840. The van der Waals surface area contributed by atoms with Crippen LogP contribution in [0.2, 0.25) is 0 Å². The van der Waals surface area contributed by atoms with Crippen molar-refractivity contribution in [1.29, 1.82) is 0 Å². The van der Waals surface area contributed by atoms with Gasteiger partial charge in [0.2, 0.25) is 5.91 Å². The minimum atomic E-state index is 0.0539. The van der Waals surface area contributed by atoms with E-state index in [1.165, 1.54) is 5.69 Å². The Balaban J connectivity index is 1.35. The lowest BCUT2D eigenvalue weighted by atomic mass is 9.98. The number of rotatable bonds is 6. The highest BCUT2D eigenvalue weighted by atomic mass is 16.5. The van der Waals surface area contributed by atoms with Crippen molar-refractivity contribution in [3.63, 3.8) is 0 Å². The summed E-state index contributed by atoms with van der Waals surface area (Å²) in [6.07, 6.45) is 8.06. The van der Waals surface area contributed by atoms with Gasteiger partial charge < -0.3 is 10.1 Å². The van der Waals surface area contributed by atoms with E-state index in [9.17, 15) is 4.79 Å². The Hall–Kier alpha value is -2.25. The van der Waals surface area contributed by atoms with E-state index in [0.29, 0.717) is 18.9 Å². The molecule has 2 aromatic heterocycles. The van der Waals surface area contributed by atoms with Crippen LogP contribution in [0.25, 0.3) is 0 Å². The molecular formula is C20H27N5O2. The van der Waals surface area contributed by atoms with Gasteiger partial charge in [0.25, 0.3) is 0 Å². The van der Waals surface area contributed by atoms with E-state index in [0.717, 1.165) is 51.3 Å². The number of pyridine rings is 1. The van der Waals surface area contributed by atoms with Crippen molar-refractivity contribution in [2.24, 2.45) is 5.92 Å². The normalized spacial score (nSPS) is 21.0. The first-order valence-electron chi connectivity index (χ1n) is 9.76. The van der Waals surface area contributed by atoms with Crippen LogP contribution in [0.1, 0.15) is 36.6 Å². The number of carbonyl (C=O) groups excluding carboxylic acids is 1. The number of fused-ring (bicyclic) bond motifs is 1. The summed E-state index contributed by atoms with van der Waals surface area (Å²) >= 11 is 0. The van der Waals surface area contributed by atoms with Crippen LogP contribution in [0.4, 0.5) is 0 Å². The molecule has 1 fully saturated rings. The lowest BCUT2D eigenvalue weighted by Gasteiger charge is -2.36. The van der Waals surface area contributed by atoms with Gasteiger partial charge in [0.15, 0.2) is 0 Å². The maximum Gasteiger partial charge on any atom is 0.222 e. The van der Waals surface area contributed by atoms with Crippen LogP contribution in [-0.4, -0.2) is 51.9 Å². The molecule has 0 aliphatic carbocycles. The number of nitrogens with one attached hydrogen (secondary N) is 1. The number of amides is 1. The average molecular weight is 369 g/mol. The molecule has 0 radical (unpaired) electrons. The van der Waals surface area contributed by atoms with E-state index in [-0.39, 0.29) is 11.9 Å². The fourth-order valence-electron chi connectivity index (χ4n) is 4.04. The van der Waals surface area contributed by atoms with Crippen LogP contribution < -0.4 is 5.32 Å². The summed E-state index contributed by atoms with van der Waals surface area (Å²) < 4.78 is 7.51. The fourth-order valence-corrected chi connectivity index (χ4v) is 4.04. The predicted molar refractivity (Wildman–Crippen MR) is 101 cm³/mol. The summed E-state index contributed by atoms with van der Waals surface area (Å²) in [6.45, 7) is 5.10. The second-order valence-electron chi connectivity index (χ2n) is 7.51. The summed E-state index contributed by atoms with van der Waals surface area (Å²) in [7, 11) is 0. The third kappa shape index (κ3) is 4.73. The molecule has 7 nitrogen and oxygen atoms in total. The summed E-state index contributed by atoms with van der Waals surface area (Å²) in [5, 5.41) is 7.48. The van der Waals surface area contributed by atoms with Crippen LogP contribution in [0.5, 0.6) is 0 Å². The number of carbonyl (C=O) groups is 1. The Bertz CT molecular complexity index is 742. The molecule has 27 heavy (non-hydrogen) atoms. The van der Waals surface area contributed by atoms with E-state index < -0.39 is 0 Å². The highest BCUT2D eigenvalue weighted by Crippen LogP contribution is 2.25. The van der Waals surface area contributed by atoms with Gasteiger partial charge >= 0.3 is 0 Å². The van der Waals surface area contributed by atoms with Crippen molar-refractivity contribution in [2.45, 2.75) is 38.4 Å². The van der Waals surface area contributed by atoms with E-state index in [2.05, 4.69) is 26.4 Å².